The highest BCUT2D eigenvalue weighted by Crippen LogP contribution is 2.36. The second-order valence-electron chi connectivity index (χ2n) is 7.01. The zero-order valence-corrected chi connectivity index (χ0v) is 18.1. The van der Waals surface area contributed by atoms with E-state index < -0.39 is 0 Å². The molecule has 8 heteroatoms. The first-order chi connectivity index (χ1) is 14.5. The Labute approximate surface area is 182 Å². The Kier molecular flexibility index (Phi) is 5.97. The number of carbonyl (C=O) groups is 1. The largest absolute Gasteiger partial charge is 0.312 e. The maximum absolute atomic E-state index is 13.1. The van der Waals surface area contributed by atoms with Crippen molar-refractivity contribution in [2.75, 3.05) is 11.6 Å². The van der Waals surface area contributed by atoms with Crippen molar-refractivity contribution in [3.05, 3.63) is 81.4 Å². The highest BCUT2D eigenvalue weighted by molar-refractivity contribution is 7.98. The Morgan fingerprint density at radius 1 is 1.13 bits per heavy atom. The molecule has 1 aliphatic rings. The lowest BCUT2D eigenvalue weighted by molar-refractivity contribution is -0.116. The van der Waals surface area contributed by atoms with E-state index in [2.05, 4.69) is 10.3 Å². The van der Waals surface area contributed by atoms with Gasteiger partial charge in [0.15, 0.2) is 5.16 Å². The first-order valence-electron chi connectivity index (χ1n) is 9.38. The van der Waals surface area contributed by atoms with E-state index in [0.717, 1.165) is 16.0 Å². The molecule has 1 aromatic heterocycles. The van der Waals surface area contributed by atoms with Gasteiger partial charge in [-0.2, -0.15) is 4.98 Å². The third-order valence-corrected chi connectivity index (χ3v) is 6.94. The molecule has 0 radical (unpaired) electrons. The first-order valence-corrected chi connectivity index (χ1v) is 11.6. The molecule has 0 fully saturated rings. The Hall–Kier alpha value is -2.58. The third kappa shape index (κ3) is 4.15. The Morgan fingerprint density at radius 2 is 1.83 bits per heavy atom. The van der Waals surface area contributed by atoms with Gasteiger partial charge in [0.05, 0.1) is 5.56 Å². The van der Waals surface area contributed by atoms with E-state index in [1.807, 2.05) is 30.5 Å². The van der Waals surface area contributed by atoms with Gasteiger partial charge in [-0.1, -0.05) is 36.0 Å². The van der Waals surface area contributed by atoms with Crippen molar-refractivity contribution >= 4 is 35.2 Å². The van der Waals surface area contributed by atoms with Crippen LogP contribution in [0.1, 0.15) is 29.0 Å². The average molecular weight is 442 g/mol. The van der Waals surface area contributed by atoms with Gasteiger partial charge in [0.1, 0.15) is 11.6 Å². The summed E-state index contributed by atoms with van der Waals surface area (Å²) in [5.41, 5.74) is 2.03. The van der Waals surface area contributed by atoms with Gasteiger partial charge in [-0.05, 0) is 41.6 Å². The van der Waals surface area contributed by atoms with Crippen LogP contribution in [-0.4, -0.2) is 21.7 Å². The molecule has 1 unspecified atom stereocenters. The molecule has 0 spiro atoms. The van der Waals surface area contributed by atoms with Crippen molar-refractivity contribution in [1.82, 2.24) is 9.55 Å². The SMILES string of the molecule is CSc1ccc(C2CC(=O)Nc3c2c(=O)nc(SCc2ccc(F)cc2)n3C)cc1. The number of carbonyl (C=O) groups excluding carboxylic acids is 1. The van der Waals surface area contributed by atoms with Gasteiger partial charge in [-0.15, -0.1) is 11.8 Å². The van der Waals surface area contributed by atoms with E-state index in [1.54, 1.807) is 35.5 Å². The lowest BCUT2D eigenvalue weighted by Crippen LogP contribution is -2.33. The number of fused-ring (bicyclic) bond motifs is 1. The van der Waals surface area contributed by atoms with Crippen LogP contribution < -0.4 is 10.9 Å². The predicted molar refractivity (Wildman–Crippen MR) is 119 cm³/mol. The summed E-state index contributed by atoms with van der Waals surface area (Å²) < 4.78 is 14.9. The highest BCUT2D eigenvalue weighted by Gasteiger charge is 2.32. The summed E-state index contributed by atoms with van der Waals surface area (Å²) >= 11 is 3.01. The molecular weight excluding hydrogens is 421 g/mol. The molecule has 0 aliphatic carbocycles. The molecule has 5 nitrogen and oxygen atoms in total. The molecule has 1 amide bonds. The molecule has 1 aliphatic heterocycles. The van der Waals surface area contributed by atoms with E-state index in [4.69, 9.17) is 0 Å². The van der Waals surface area contributed by atoms with Crippen LogP contribution in [0.15, 0.2) is 63.4 Å². The molecule has 4 rings (SSSR count). The topological polar surface area (TPSA) is 64.0 Å². The van der Waals surface area contributed by atoms with Crippen LogP contribution in [0, 0.1) is 5.82 Å². The minimum Gasteiger partial charge on any atom is -0.312 e. The van der Waals surface area contributed by atoms with Gasteiger partial charge in [-0.3, -0.25) is 9.59 Å². The van der Waals surface area contributed by atoms with Crippen molar-refractivity contribution in [1.29, 1.82) is 0 Å². The molecule has 1 N–H and O–H groups in total. The van der Waals surface area contributed by atoms with Gasteiger partial charge in [-0.25, -0.2) is 4.39 Å². The monoisotopic (exact) mass is 441 g/mol. The quantitative estimate of drug-likeness (QED) is 0.469. The van der Waals surface area contributed by atoms with Crippen LogP contribution in [-0.2, 0) is 17.6 Å². The van der Waals surface area contributed by atoms with Crippen molar-refractivity contribution < 1.29 is 9.18 Å². The Morgan fingerprint density at radius 3 is 2.50 bits per heavy atom. The molecule has 30 heavy (non-hydrogen) atoms. The van der Waals surface area contributed by atoms with Crippen LogP contribution in [0.25, 0.3) is 0 Å². The highest BCUT2D eigenvalue weighted by atomic mass is 32.2. The van der Waals surface area contributed by atoms with Gasteiger partial charge < -0.3 is 9.88 Å². The van der Waals surface area contributed by atoms with E-state index >= 15 is 0 Å². The summed E-state index contributed by atoms with van der Waals surface area (Å²) in [7, 11) is 1.79. The molecule has 2 aromatic carbocycles. The maximum Gasteiger partial charge on any atom is 0.279 e. The number of thioether (sulfide) groups is 2. The Balaban J connectivity index is 1.68. The average Bonchev–Trinajstić information content (AvgIpc) is 2.75. The molecule has 3 aromatic rings. The number of aromatic nitrogens is 2. The van der Waals surface area contributed by atoms with E-state index in [1.165, 1.54) is 23.9 Å². The fourth-order valence-electron chi connectivity index (χ4n) is 3.51. The van der Waals surface area contributed by atoms with E-state index in [-0.39, 0.29) is 29.6 Å². The summed E-state index contributed by atoms with van der Waals surface area (Å²) in [5, 5.41) is 3.36. The van der Waals surface area contributed by atoms with Crippen LogP contribution >= 0.6 is 23.5 Å². The fourth-order valence-corrected chi connectivity index (χ4v) is 4.84. The minimum atomic E-state index is -0.330. The number of amides is 1. The van der Waals surface area contributed by atoms with Gasteiger partial charge in [0.2, 0.25) is 5.91 Å². The van der Waals surface area contributed by atoms with Crippen molar-refractivity contribution in [2.24, 2.45) is 7.05 Å². The van der Waals surface area contributed by atoms with Crippen molar-refractivity contribution in [2.45, 2.75) is 28.1 Å². The lowest BCUT2D eigenvalue weighted by atomic mass is 9.87. The Bertz CT molecular complexity index is 1140. The molecule has 1 atom stereocenters. The van der Waals surface area contributed by atoms with Gasteiger partial charge in [0.25, 0.3) is 5.56 Å². The summed E-state index contributed by atoms with van der Waals surface area (Å²) in [6, 6.07) is 14.1. The predicted octanol–water partition coefficient (Wildman–Crippen LogP) is 4.41. The molecule has 154 valence electrons. The minimum absolute atomic E-state index is 0.128. The number of halogens is 1. The molecule has 0 saturated carbocycles. The van der Waals surface area contributed by atoms with Crippen LogP contribution in [0.4, 0.5) is 10.2 Å². The summed E-state index contributed by atoms with van der Waals surface area (Å²) in [4.78, 5) is 30.8. The van der Waals surface area contributed by atoms with E-state index in [9.17, 15) is 14.0 Å². The third-order valence-electron chi connectivity index (χ3n) is 5.10. The zero-order chi connectivity index (χ0) is 21.3. The number of nitrogens with one attached hydrogen (secondary N) is 1. The van der Waals surface area contributed by atoms with Crippen molar-refractivity contribution in [3.8, 4) is 0 Å². The fraction of sp³-hybridized carbons (Fsp3) is 0.227. The smallest absolute Gasteiger partial charge is 0.279 e. The first kappa shape index (κ1) is 20.7. The maximum atomic E-state index is 13.1. The second-order valence-corrected chi connectivity index (χ2v) is 8.84. The number of nitrogens with zero attached hydrogens (tertiary/aromatic N) is 2. The van der Waals surface area contributed by atoms with Gasteiger partial charge in [0, 0.05) is 30.0 Å². The number of benzene rings is 2. The number of rotatable bonds is 5. The normalized spacial score (nSPS) is 15.6. The molecular formula is C22H20FN3O2S2. The molecule has 0 saturated heterocycles. The van der Waals surface area contributed by atoms with Crippen LogP contribution in [0.5, 0.6) is 0 Å². The summed E-state index contributed by atoms with van der Waals surface area (Å²) in [6.45, 7) is 0. The van der Waals surface area contributed by atoms with Crippen LogP contribution in [0.3, 0.4) is 0 Å². The molecule has 2 heterocycles. The number of anilines is 1. The number of hydrogen-bond acceptors (Lipinski definition) is 5. The summed E-state index contributed by atoms with van der Waals surface area (Å²) in [6.07, 6.45) is 2.22. The van der Waals surface area contributed by atoms with E-state index in [0.29, 0.717) is 22.3 Å². The van der Waals surface area contributed by atoms with Crippen molar-refractivity contribution in [3.63, 3.8) is 0 Å². The second kappa shape index (κ2) is 8.65. The van der Waals surface area contributed by atoms with Crippen LogP contribution in [0.2, 0.25) is 0 Å². The lowest BCUT2D eigenvalue weighted by Gasteiger charge is -2.27. The number of hydrogen-bond donors (Lipinski definition) is 1. The zero-order valence-electron chi connectivity index (χ0n) is 16.5. The van der Waals surface area contributed by atoms with Gasteiger partial charge >= 0.3 is 0 Å². The molecule has 0 bridgehead atoms. The standard InChI is InChI=1S/C22H20FN3O2S2/c1-26-20-19(17(11-18(27)24-20)14-5-9-16(29-2)10-6-14)21(28)25-22(26)30-12-13-3-7-15(23)8-4-13/h3-10,17H,11-12H2,1-2H3,(H,24,27). The summed E-state index contributed by atoms with van der Waals surface area (Å²) in [5.74, 6) is 0.283.